The molecule has 8 heteroatoms. The lowest BCUT2D eigenvalue weighted by molar-refractivity contribution is 0.0690. The van der Waals surface area contributed by atoms with Crippen LogP contribution in [0.5, 0.6) is 0 Å². The Hall–Kier alpha value is -1.80. The maximum atomic E-state index is 13.2. The van der Waals surface area contributed by atoms with E-state index in [-0.39, 0.29) is 6.54 Å². The first-order chi connectivity index (χ1) is 9.88. The molecule has 1 aromatic carbocycles. The Balaban J connectivity index is 2.22. The van der Waals surface area contributed by atoms with E-state index < -0.39 is 34.6 Å². The summed E-state index contributed by atoms with van der Waals surface area (Å²) >= 11 is 4.65. The van der Waals surface area contributed by atoms with Crippen molar-refractivity contribution >= 4 is 39.1 Å². The molecular weight excluding hydrogens is 368 g/mol. The molecule has 0 aliphatic rings. The summed E-state index contributed by atoms with van der Waals surface area (Å²) in [6, 6.07) is 2.86. The van der Waals surface area contributed by atoms with Crippen molar-refractivity contribution in [2.45, 2.75) is 6.54 Å². The van der Waals surface area contributed by atoms with E-state index >= 15 is 0 Å². The third kappa shape index (κ3) is 3.64. The normalized spacial score (nSPS) is 10.4. The number of amides is 1. The molecule has 0 radical (unpaired) electrons. The van der Waals surface area contributed by atoms with Gasteiger partial charge in [-0.25, -0.2) is 13.6 Å². The number of aromatic carboxylic acids is 1. The van der Waals surface area contributed by atoms with Gasteiger partial charge in [-0.3, -0.25) is 4.79 Å². The van der Waals surface area contributed by atoms with Crippen LogP contribution in [0.3, 0.4) is 0 Å². The molecule has 1 amide bonds. The Labute approximate surface area is 130 Å². The zero-order valence-electron chi connectivity index (χ0n) is 10.3. The lowest BCUT2D eigenvalue weighted by Gasteiger charge is -2.07. The largest absolute Gasteiger partial charge is 0.478 e. The van der Waals surface area contributed by atoms with Gasteiger partial charge in [-0.1, -0.05) is 0 Å². The smallest absolute Gasteiger partial charge is 0.336 e. The first kappa shape index (κ1) is 15.6. The lowest BCUT2D eigenvalue weighted by atomic mass is 10.1. The van der Waals surface area contributed by atoms with Crippen LogP contribution in [0.25, 0.3) is 0 Å². The van der Waals surface area contributed by atoms with Crippen molar-refractivity contribution in [3.63, 3.8) is 0 Å². The Bertz CT molecular complexity index is 717. The third-order valence-corrected chi connectivity index (χ3v) is 4.28. The summed E-state index contributed by atoms with van der Waals surface area (Å²) in [5.41, 5.74) is -1.00. The summed E-state index contributed by atoms with van der Waals surface area (Å²) in [4.78, 5) is 23.8. The molecule has 2 aromatic rings. The van der Waals surface area contributed by atoms with Crippen LogP contribution in [0, 0.1) is 11.6 Å². The minimum atomic E-state index is -1.50. The van der Waals surface area contributed by atoms with Gasteiger partial charge >= 0.3 is 5.97 Å². The first-order valence-corrected chi connectivity index (χ1v) is 7.29. The summed E-state index contributed by atoms with van der Waals surface area (Å²) in [5, 5.41) is 13.2. The Morgan fingerprint density at radius 3 is 2.33 bits per heavy atom. The molecule has 0 aliphatic carbocycles. The van der Waals surface area contributed by atoms with Crippen LogP contribution in [0.1, 0.15) is 25.6 Å². The van der Waals surface area contributed by atoms with Crippen molar-refractivity contribution in [3.8, 4) is 0 Å². The van der Waals surface area contributed by atoms with Crippen molar-refractivity contribution in [2.24, 2.45) is 0 Å². The topological polar surface area (TPSA) is 66.4 Å². The zero-order valence-corrected chi connectivity index (χ0v) is 12.7. The van der Waals surface area contributed by atoms with E-state index in [4.69, 9.17) is 5.11 Å². The van der Waals surface area contributed by atoms with Crippen molar-refractivity contribution < 1.29 is 23.5 Å². The SMILES string of the molecule is O=C(O)c1cc(F)c(F)cc1C(=O)NCc1cc(Br)cs1. The Morgan fingerprint density at radius 2 is 1.81 bits per heavy atom. The van der Waals surface area contributed by atoms with Gasteiger partial charge in [0.1, 0.15) is 0 Å². The number of carboxylic acids is 1. The molecule has 21 heavy (non-hydrogen) atoms. The van der Waals surface area contributed by atoms with Gasteiger partial charge < -0.3 is 10.4 Å². The number of rotatable bonds is 4. The molecule has 2 N–H and O–H groups in total. The van der Waals surface area contributed by atoms with E-state index in [9.17, 15) is 18.4 Å². The van der Waals surface area contributed by atoms with E-state index in [1.54, 1.807) is 6.07 Å². The molecular formula is C13H8BrF2NO3S. The number of carboxylic acid groups (broad SMARTS) is 1. The van der Waals surface area contributed by atoms with Crippen LogP contribution >= 0.6 is 27.3 Å². The molecule has 0 bridgehead atoms. The standard InChI is InChI=1S/C13H8BrF2NO3S/c14-6-1-7(21-5-6)4-17-12(18)8-2-10(15)11(16)3-9(8)13(19)20/h1-3,5H,4H2,(H,17,18)(H,19,20). The van der Waals surface area contributed by atoms with Gasteiger partial charge in [0.15, 0.2) is 11.6 Å². The van der Waals surface area contributed by atoms with E-state index in [2.05, 4.69) is 21.2 Å². The average Bonchev–Trinajstić information content (AvgIpc) is 2.84. The van der Waals surface area contributed by atoms with Crippen LogP contribution in [-0.4, -0.2) is 17.0 Å². The second-order valence-corrected chi connectivity index (χ2v) is 5.94. The number of nitrogens with one attached hydrogen (secondary N) is 1. The molecule has 0 unspecified atom stereocenters. The summed E-state index contributed by atoms with van der Waals surface area (Å²) < 4.78 is 27.1. The van der Waals surface area contributed by atoms with E-state index in [0.717, 1.165) is 9.35 Å². The third-order valence-electron chi connectivity index (χ3n) is 2.58. The predicted octanol–water partition coefficient (Wildman–Crippen LogP) is 3.42. The molecule has 1 aromatic heterocycles. The summed E-state index contributed by atoms with van der Waals surface area (Å²) in [5.74, 6) is -4.87. The van der Waals surface area contributed by atoms with Gasteiger partial charge in [-0.05, 0) is 34.1 Å². The number of hydrogen-bond acceptors (Lipinski definition) is 3. The fraction of sp³-hybridized carbons (Fsp3) is 0.0769. The molecule has 110 valence electrons. The monoisotopic (exact) mass is 375 g/mol. The van der Waals surface area contributed by atoms with Crippen LogP contribution < -0.4 is 5.32 Å². The average molecular weight is 376 g/mol. The molecule has 4 nitrogen and oxygen atoms in total. The zero-order chi connectivity index (χ0) is 15.6. The molecule has 0 atom stereocenters. The van der Waals surface area contributed by atoms with Gasteiger partial charge in [-0.15, -0.1) is 11.3 Å². The predicted molar refractivity (Wildman–Crippen MR) is 76.5 cm³/mol. The highest BCUT2D eigenvalue weighted by Crippen LogP contribution is 2.20. The first-order valence-electron chi connectivity index (χ1n) is 5.62. The molecule has 0 saturated carbocycles. The van der Waals surface area contributed by atoms with Crippen molar-refractivity contribution in [1.82, 2.24) is 5.32 Å². The van der Waals surface area contributed by atoms with Gasteiger partial charge in [-0.2, -0.15) is 0 Å². The number of thiophene rings is 1. The number of benzene rings is 1. The molecule has 0 saturated heterocycles. The maximum Gasteiger partial charge on any atom is 0.336 e. The second-order valence-electron chi connectivity index (χ2n) is 4.03. The molecule has 2 rings (SSSR count). The molecule has 0 fully saturated rings. The summed E-state index contributed by atoms with van der Waals surface area (Å²) in [6.45, 7) is 0.160. The number of carbonyl (C=O) groups excluding carboxylic acids is 1. The number of carbonyl (C=O) groups is 2. The quantitative estimate of drug-likeness (QED) is 0.860. The maximum absolute atomic E-state index is 13.2. The highest BCUT2D eigenvalue weighted by molar-refractivity contribution is 9.10. The molecule has 1 heterocycles. The van der Waals surface area contributed by atoms with Crippen LogP contribution in [0.4, 0.5) is 8.78 Å². The Morgan fingerprint density at radius 1 is 1.19 bits per heavy atom. The number of hydrogen-bond donors (Lipinski definition) is 2. The van der Waals surface area contributed by atoms with Crippen molar-refractivity contribution in [2.75, 3.05) is 0 Å². The lowest BCUT2D eigenvalue weighted by Crippen LogP contribution is -2.25. The van der Waals surface area contributed by atoms with Gasteiger partial charge in [0.05, 0.1) is 17.7 Å². The Kier molecular flexibility index (Phi) is 4.69. The number of halogens is 3. The van der Waals surface area contributed by atoms with Crippen LogP contribution in [-0.2, 0) is 6.54 Å². The minimum Gasteiger partial charge on any atom is -0.478 e. The minimum absolute atomic E-state index is 0.160. The highest BCUT2D eigenvalue weighted by atomic mass is 79.9. The van der Waals surface area contributed by atoms with E-state index in [1.807, 2.05) is 5.38 Å². The summed E-state index contributed by atoms with van der Waals surface area (Å²) in [7, 11) is 0. The molecule has 0 spiro atoms. The van der Waals surface area contributed by atoms with Crippen LogP contribution in [0.2, 0.25) is 0 Å². The highest BCUT2D eigenvalue weighted by Gasteiger charge is 2.20. The summed E-state index contributed by atoms with van der Waals surface area (Å²) in [6.07, 6.45) is 0. The van der Waals surface area contributed by atoms with Crippen LogP contribution in [0.15, 0.2) is 28.1 Å². The van der Waals surface area contributed by atoms with Crippen molar-refractivity contribution in [3.05, 3.63) is 55.7 Å². The van der Waals surface area contributed by atoms with Gasteiger partial charge in [0.25, 0.3) is 5.91 Å². The molecule has 0 aliphatic heterocycles. The van der Waals surface area contributed by atoms with E-state index in [0.29, 0.717) is 12.1 Å². The van der Waals surface area contributed by atoms with Gasteiger partial charge in [0.2, 0.25) is 0 Å². The van der Waals surface area contributed by atoms with Gasteiger partial charge in [0, 0.05) is 14.7 Å². The fourth-order valence-corrected chi connectivity index (χ4v) is 3.01. The fourth-order valence-electron chi connectivity index (χ4n) is 1.62. The second kappa shape index (κ2) is 6.31. The van der Waals surface area contributed by atoms with E-state index in [1.165, 1.54) is 11.3 Å². The van der Waals surface area contributed by atoms with Crippen molar-refractivity contribution in [1.29, 1.82) is 0 Å².